The van der Waals surface area contributed by atoms with Crippen molar-refractivity contribution >= 4 is 21.6 Å². The molecule has 0 fully saturated rings. The van der Waals surface area contributed by atoms with Crippen LogP contribution in [0.1, 0.15) is 5.56 Å². The molecule has 2 aromatic heterocycles. The van der Waals surface area contributed by atoms with Crippen molar-refractivity contribution in [3.05, 3.63) is 64.9 Å². The van der Waals surface area contributed by atoms with E-state index in [9.17, 15) is 0 Å². The van der Waals surface area contributed by atoms with Crippen molar-refractivity contribution in [1.29, 1.82) is 0 Å². The molecule has 0 saturated heterocycles. The molecule has 3 rings (SSSR count). The van der Waals surface area contributed by atoms with Crippen molar-refractivity contribution in [3.63, 3.8) is 0 Å². The Balaban J connectivity index is 1.90. The molecule has 0 radical (unpaired) electrons. The number of benzene rings is 1. The Morgan fingerprint density at radius 2 is 2.05 bits per heavy atom. The van der Waals surface area contributed by atoms with E-state index in [0.717, 1.165) is 21.4 Å². The summed E-state index contributed by atoms with van der Waals surface area (Å²) < 4.78 is 2.89. The van der Waals surface area contributed by atoms with Gasteiger partial charge in [0.2, 0.25) is 0 Å². The summed E-state index contributed by atoms with van der Waals surface area (Å²) in [6.07, 6.45) is 3.58. The third kappa shape index (κ3) is 2.72. The Morgan fingerprint density at radius 1 is 1.15 bits per heavy atom. The maximum atomic E-state index is 6.02. The Kier molecular flexibility index (Phi) is 3.52. The number of aromatic nitrogens is 3. The fourth-order valence-corrected chi connectivity index (χ4v) is 2.49. The van der Waals surface area contributed by atoms with Crippen molar-refractivity contribution in [2.45, 2.75) is 6.54 Å². The fraction of sp³-hybridized carbons (Fsp3) is 0.0667. The highest BCUT2D eigenvalue weighted by atomic mass is 79.9. The minimum Gasteiger partial charge on any atom is -0.396 e. The van der Waals surface area contributed by atoms with Crippen LogP contribution in [0.4, 0.5) is 5.69 Å². The molecule has 0 spiro atoms. The number of halogens is 1. The van der Waals surface area contributed by atoms with Crippen LogP contribution in [0.2, 0.25) is 0 Å². The summed E-state index contributed by atoms with van der Waals surface area (Å²) in [6.45, 7) is 0.677. The van der Waals surface area contributed by atoms with Gasteiger partial charge in [0.25, 0.3) is 0 Å². The lowest BCUT2D eigenvalue weighted by Gasteiger charge is -2.02. The number of nitrogen functional groups attached to an aromatic ring is 1. The van der Waals surface area contributed by atoms with Gasteiger partial charge in [-0.25, -0.2) is 0 Å². The number of rotatable bonds is 3. The van der Waals surface area contributed by atoms with Gasteiger partial charge in [0.1, 0.15) is 5.69 Å². The van der Waals surface area contributed by atoms with Crippen molar-refractivity contribution in [2.75, 3.05) is 5.73 Å². The van der Waals surface area contributed by atoms with Crippen LogP contribution in [0.25, 0.3) is 11.4 Å². The molecular formula is C15H13BrN4. The number of hydrogen-bond acceptors (Lipinski definition) is 3. The maximum Gasteiger partial charge on any atom is 0.134 e. The van der Waals surface area contributed by atoms with E-state index < -0.39 is 0 Å². The number of hydrogen-bond donors (Lipinski definition) is 1. The minimum absolute atomic E-state index is 0.638. The van der Waals surface area contributed by atoms with Crippen LogP contribution in [0.3, 0.4) is 0 Å². The van der Waals surface area contributed by atoms with Gasteiger partial charge in [-0.2, -0.15) is 5.10 Å². The Hall–Kier alpha value is -2.14. The second-order valence-corrected chi connectivity index (χ2v) is 5.39. The molecule has 2 N–H and O–H groups in total. The number of pyridine rings is 1. The smallest absolute Gasteiger partial charge is 0.134 e. The quantitative estimate of drug-likeness (QED) is 0.802. The molecular weight excluding hydrogens is 316 g/mol. The van der Waals surface area contributed by atoms with Crippen molar-refractivity contribution in [2.24, 2.45) is 0 Å². The maximum absolute atomic E-state index is 6.02. The highest BCUT2D eigenvalue weighted by Crippen LogP contribution is 2.22. The van der Waals surface area contributed by atoms with Gasteiger partial charge >= 0.3 is 0 Å². The van der Waals surface area contributed by atoms with Crippen LogP contribution in [-0.4, -0.2) is 14.8 Å². The first-order valence-electron chi connectivity index (χ1n) is 6.21. The van der Waals surface area contributed by atoms with Gasteiger partial charge in [-0.05, 0) is 29.8 Å². The van der Waals surface area contributed by atoms with Crippen LogP contribution in [0, 0.1) is 0 Å². The molecule has 0 aliphatic carbocycles. The molecule has 4 nitrogen and oxygen atoms in total. The summed E-state index contributed by atoms with van der Waals surface area (Å²) in [5, 5.41) is 4.52. The average Bonchev–Trinajstić information content (AvgIpc) is 2.80. The van der Waals surface area contributed by atoms with Gasteiger partial charge in [-0.3, -0.25) is 9.67 Å². The van der Waals surface area contributed by atoms with Crippen LogP contribution in [-0.2, 0) is 6.54 Å². The van der Waals surface area contributed by atoms with Gasteiger partial charge < -0.3 is 5.73 Å². The number of anilines is 1. The normalized spacial score (nSPS) is 10.7. The van der Waals surface area contributed by atoms with Crippen molar-refractivity contribution < 1.29 is 0 Å². The van der Waals surface area contributed by atoms with Crippen molar-refractivity contribution in [3.8, 4) is 11.4 Å². The van der Waals surface area contributed by atoms with E-state index in [0.29, 0.717) is 12.2 Å². The van der Waals surface area contributed by atoms with E-state index in [1.807, 2.05) is 41.2 Å². The summed E-state index contributed by atoms with van der Waals surface area (Å²) in [5.74, 6) is 0. The molecule has 2 heterocycles. The molecule has 0 unspecified atom stereocenters. The molecule has 20 heavy (non-hydrogen) atoms. The third-order valence-electron chi connectivity index (χ3n) is 2.93. The molecule has 0 aliphatic rings. The van der Waals surface area contributed by atoms with E-state index in [1.54, 1.807) is 6.20 Å². The Morgan fingerprint density at radius 3 is 2.80 bits per heavy atom. The second-order valence-electron chi connectivity index (χ2n) is 4.48. The molecule has 0 saturated carbocycles. The highest BCUT2D eigenvalue weighted by molar-refractivity contribution is 9.10. The van der Waals surface area contributed by atoms with Crippen molar-refractivity contribution in [1.82, 2.24) is 14.8 Å². The molecule has 0 aliphatic heterocycles. The van der Waals surface area contributed by atoms with Crippen LogP contribution < -0.4 is 5.73 Å². The van der Waals surface area contributed by atoms with Gasteiger partial charge in [0.05, 0.1) is 17.9 Å². The first-order valence-corrected chi connectivity index (χ1v) is 7.00. The van der Waals surface area contributed by atoms with Crippen LogP contribution >= 0.6 is 15.9 Å². The summed E-state index contributed by atoms with van der Waals surface area (Å²) in [4.78, 5) is 4.28. The fourth-order valence-electron chi connectivity index (χ4n) is 2.04. The summed E-state index contributed by atoms with van der Waals surface area (Å²) >= 11 is 3.47. The Bertz CT molecular complexity index is 722. The number of nitrogens with zero attached hydrogens (tertiary/aromatic N) is 3. The monoisotopic (exact) mass is 328 g/mol. The first kappa shape index (κ1) is 12.9. The molecule has 1 aromatic carbocycles. The minimum atomic E-state index is 0.638. The molecule has 0 bridgehead atoms. The SMILES string of the molecule is Nc1cn(Cc2cccc(Br)c2)nc1-c1ccccn1. The largest absolute Gasteiger partial charge is 0.396 e. The predicted molar refractivity (Wildman–Crippen MR) is 83.1 cm³/mol. The lowest BCUT2D eigenvalue weighted by atomic mass is 10.2. The van der Waals surface area contributed by atoms with Gasteiger partial charge in [0.15, 0.2) is 0 Å². The topological polar surface area (TPSA) is 56.7 Å². The van der Waals surface area contributed by atoms with Gasteiger partial charge in [0, 0.05) is 16.9 Å². The lowest BCUT2D eigenvalue weighted by Crippen LogP contribution is -2.00. The van der Waals surface area contributed by atoms with E-state index in [4.69, 9.17) is 5.73 Å². The molecule has 5 heteroatoms. The Labute approximate surface area is 125 Å². The van der Waals surface area contributed by atoms with E-state index in [1.165, 1.54) is 0 Å². The zero-order valence-corrected chi connectivity index (χ0v) is 12.3. The molecule has 0 atom stereocenters. The standard InChI is InChI=1S/C15H13BrN4/c16-12-5-3-4-11(8-12)9-20-10-13(17)15(19-20)14-6-1-2-7-18-14/h1-8,10H,9,17H2. The van der Waals surface area contributed by atoms with E-state index >= 15 is 0 Å². The second kappa shape index (κ2) is 5.46. The third-order valence-corrected chi connectivity index (χ3v) is 3.42. The zero-order valence-electron chi connectivity index (χ0n) is 10.7. The van der Waals surface area contributed by atoms with E-state index in [2.05, 4.69) is 38.1 Å². The summed E-state index contributed by atoms with van der Waals surface area (Å²) in [7, 11) is 0. The molecule has 100 valence electrons. The highest BCUT2D eigenvalue weighted by Gasteiger charge is 2.09. The summed E-state index contributed by atoms with van der Waals surface area (Å²) in [5.41, 5.74) is 9.34. The average molecular weight is 329 g/mol. The van der Waals surface area contributed by atoms with Crippen LogP contribution in [0.5, 0.6) is 0 Å². The van der Waals surface area contributed by atoms with Gasteiger partial charge in [-0.15, -0.1) is 0 Å². The first-order chi connectivity index (χ1) is 9.72. The summed E-state index contributed by atoms with van der Waals surface area (Å²) in [6, 6.07) is 13.8. The van der Waals surface area contributed by atoms with Crippen LogP contribution in [0.15, 0.2) is 59.3 Å². The molecule has 0 amide bonds. The predicted octanol–water partition coefficient (Wildman–Crippen LogP) is 3.34. The molecule has 3 aromatic rings. The lowest BCUT2D eigenvalue weighted by molar-refractivity contribution is 0.689. The zero-order chi connectivity index (χ0) is 13.9. The number of nitrogens with two attached hydrogens (primary N) is 1. The van der Waals surface area contributed by atoms with E-state index in [-0.39, 0.29) is 0 Å². The van der Waals surface area contributed by atoms with Gasteiger partial charge in [-0.1, -0.05) is 34.1 Å².